The molecule has 6 nitrogen and oxygen atoms in total. The zero-order valence-electron chi connectivity index (χ0n) is 8.60. The van der Waals surface area contributed by atoms with Crippen molar-refractivity contribution in [2.45, 2.75) is 12.5 Å². The minimum absolute atomic E-state index is 0.175. The van der Waals surface area contributed by atoms with Crippen LogP contribution in [0.2, 0.25) is 0 Å². The zero-order chi connectivity index (χ0) is 11.9. The summed E-state index contributed by atoms with van der Waals surface area (Å²) in [6.45, 7) is 0.479. The summed E-state index contributed by atoms with van der Waals surface area (Å²) in [6.07, 6.45) is 1.02. The molecule has 0 unspecified atom stereocenters. The smallest absolute Gasteiger partial charge is 0.328 e. The van der Waals surface area contributed by atoms with E-state index in [1.807, 2.05) is 0 Å². The predicted octanol–water partition coefficient (Wildman–Crippen LogP) is -1.68. The van der Waals surface area contributed by atoms with Crippen LogP contribution in [0, 0.1) is 0 Å². The molecule has 0 heterocycles. The van der Waals surface area contributed by atoms with Gasteiger partial charge < -0.3 is 25.7 Å². The molecule has 5 N–H and O–H groups in total. The third-order valence-corrected chi connectivity index (χ3v) is 2.02. The first-order valence-corrected chi connectivity index (χ1v) is 4.47. The van der Waals surface area contributed by atoms with Crippen LogP contribution in [0.1, 0.15) is 6.92 Å². The quantitative estimate of drug-likeness (QED) is 0.327. The largest absolute Gasteiger partial charge is 0.478 e. The number of aliphatic carboxylic acids is 1. The third kappa shape index (κ3) is 4.89. The van der Waals surface area contributed by atoms with Gasteiger partial charge in [-0.15, -0.1) is 0 Å². The van der Waals surface area contributed by atoms with Crippen LogP contribution in [0.3, 0.4) is 0 Å². The minimum atomic E-state index is -1.17. The second-order valence-electron chi connectivity index (χ2n) is 3.44. The molecule has 15 heavy (non-hydrogen) atoms. The van der Waals surface area contributed by atoms with Crippen LogP contribution in [0.5, 0.6) is 0 Å². The number of hydrogen-bond acceptors (Lipinski definition) is 5. The Morgan fingerprint density at radius 2 is 1.73 bits per heavy atom. The summed E-state index contributed by atoms with van der Waals surface area (Å²) < 4.78 is 0. The maximum absolute atomic E-state index is 10.3. The summed E-state index contributed by atoms with van der Waals surface area (Å²) in [5.74, 6) is -1.06. The van der Waals surface area contributed by atoms with Crippen molar-refractivity contribution in [2.24, 2.45) is 0 Å². The van der Waals surface area contributed by atoms with Gasteiger partial charge in [-0.2, -0.15) is 0 Å². The van der Waals surface area contributed by atoms with Crippen molar-refractivity contribution >= 4 is 5.97 Å². The first kappa shape index (κ1) is 14.1. The highest BCUT2D eigenvalue weighted by atomic mass is 16.4. The molecule has 0 aromatic heterocycles. The first-order valence-electron chi connectivity index (χ1n) is 4.47. The molecular weight excluding hydrogens is 202 g/mol. The fraction of sp³-hybridized carbons (Fsp3) is 0.667. The topological polar surface area (TPSA) is 110 Å². The van der Waals surface area contributed by atoms with Crippen LogP contribution >= 0.6 is 0 Å². The minimum Gasteiger partial charge on any atom is -0.478 e. The lowest BCUT2D eigenvalue weighted by atomic mass is 10.0. The molecule has 0 atom stereocenters. The molecule has 0 aliphatic carbocycles. The average Bonchev–Trinajstić information content (AvgIpc) is 2.20. The Morgan fingerprint density at radius 1 is 1.27 bits per heavy atom. The van der Waals surface area contributed by atoms with E-state index in [0.717, 1.165) is 6.08 Å². The molecule has 0 amide bonds. The lowest BCUT2D eigenvalue weighted by molar-refractivity contribution is -0.131. The number of carboxylic acid groups (broad SMARTS) is 1. The number of rotatable bonds is 7. The highest BCUT2D eigenvalue weighted by molar-refractivity contribution is 5.80. The molecular formula is C9H17NO5. The molecule has 88 valence electrons. The van der Waals surface area contributed by atoms with Gasteiger partial charge in [0.15, 0.2) is 0 Å². The Bertz CT molecular complexity index is 226. The lowest BCUT2D eigenvalue weighted by Gasteiger charge is -2.28. The molecule has 0 aromatic rings. The molecule has 0 rings (SSSR count). The van der Waals surface area contributed by atoms with Gasteiger partial charge in [0.25, 0.3) is 0 Å². The highest BCUT2D eigenvalue weighted by Crippen LogP contribution is 2.02. The van der Waals surface area contributed by atoms with Crippen LogP contribution in [-0.4, -0.2) is 58.3 Å². The predicted molar refractivity (Wildman–Crippen MR) is 53.4 cm³/mol. The number of hydrogen-bond donors (Lipinski definition) is 5. The second-order valence-corrected chi connectivity index (χ2v) is 3.44. The second kappa shape index (κ2) is 6.52. The zero-order valence-corrected chi connectivity index (χ0v) is 8.60. The fourth-order valence-electron chi connectivity index (χ4n) is 0.906. The van der Waals surface area contributed by atoms with E-state index in [4.69, 9.17) is 20.4 Å². The Hall–Kier alpha value is -0.950. The van der Waals surface area contributed by atoms with Crippen molar-refractivity contribution in [3.05, 3.63) is 11.6 Å². The summed E-state index contributed by atoms with van der Waals surface area (Å²) in [4.78, 5) is 10.3. The van der Waals surface area contributed by atoms with Crippen molar-refractivity contribution in [3.8, 4) is 0 Å². The van der Waals surface area contributed by atoms with Gasteiger partial charge in [-0.3, -0.25) is 0 Å². The van der Waals surface area contributed by atoms with Crippen LogP contribution in [0.25, 0.3) is 0 Å². The van der Waals surface area contributed by atoms with E-state index in [0.29, 0.717) is 5.57 Å². The van der Waals surface area contributed by atoms with Crippen LogP contribution in [-0.2, 0) is 4.79 Å². The third-order valence-electron chi connectivity index (χ3n) is 2.02. The van der Waals surface area contributed by atoms with Crippen molar-refractivity contribution < 1.29 is 25.2 Å². The van der Waals surface area contributed by atoms with E-state index in [1.165, 1.54) is 0 Å². The van der Waals surface area contributed by atoms with Gasteiger partial charge in [-0.25, -0.2) is 4.79 Å². The van der Waals surface area contributed by atoms with Gasteiger partial charge in [-0.05, 0) is 6.92 Å². The SMILES string of the molecule is CC(=CC(=O)O)CNC(CO)(CO)CO. The average molecular weight is 219 g/mol. The van der Waals surface area contributed by atoms with Crippen molar-refractivity contribution in [1.82, 2.24) is 5.32 Å². The highest BCUT2D eigenvalue weighted by Gasteiger charge is 2.26. The Kier molecular flexibility index (Phi) is 6.11. The summed E-state index contributed by atoms with van der Waals surface area (Å²) >= 11 is 0. The standard InChI is InChI=1S/C9H17NO5/c1-7(2-8(14)15)3-10-9(4-11,5-12)6-13/h2,10-13H,3-6H2,1H3,(H,14,15). The number of nitrogens with one attached hydrogen (secondary N) is 1. The van der Waals surface area contributed by atoms with Crippen LogP contribution in [0.15, 0.2) is 11.6 Å². The Morgan fingerprint density at radius 3 is 2.07 bits per heavy atom. The van der Waals surface area contributed by atoms with E-state index in [2.05, 4.69) is 5.32 Å². The molecule has 0 fully saturated rings. The number of aliphatic hydroxyl groups excluding tert-OH is 3. The number of carbonyl (C=O) groups is 1. The summed E-state index contributed by atoms with van der Waals surface area (Å²) in [6, 6.07) is 0. The van der Waals surface area contributed by atoms with Gasteiger partial charge in [-0.1, -0.05) is 5.57 Å². The number of carboxylic acids is 1. The fourth-order valence-corrected chi connectivity index (χ4v) is 0.906. The van der Waals surface area contributed by atoms with Crippen LogP contribution < -0.4 is 5.32 Å². The summed E-state index contributed by atoms with van der Waals surface area (Å²) in [5, 5.41) is 38.0. The van der Waals surface area contributed by atoms with Gasteiger partial charge in [0, 0.05) is 12.6 Å². The summed E-state index contributed by atoms with van der Waals surface area (Å²) in [7, 11) is 0. The van der Waals surface area contributed by atoms with Gasteiger partial charge in [0.2, 0.25) is 0 Å². The van der Waals surface area contributed by atoms with Crippen molar-refractivity contribution in [1.29, 1.82) is 0 Å². The first-order chi connectivity index (χ1) is 6.99. The Labute approximate surface area is 87.9 Å². The normalized spacial score (nSPS) is 12.9. The van der Waals surface area contributed by atoms with Crippen molar-refractivity contribution in [3.63, 3.8) is 0 Å². The summed E-state index contributed by atoms with van der Waals surface area (Å²) in [5.41, 5.74) is -0.643. The Balaban J connectivity index is 4.28. The monoisotopic (exact) mass is 219 g/mol. The van der Waals surface area contributed by atoms with E-state index in [9.17, 15) is 4.79 Å². The van der Waals surface area contributed by atoms with E-state index < -0.39 is 31.3 Å². The molecule has 0 aromatic carbocycles. The van der Waals surface area contributed by atoms with E-state index >= 15 is 0 Å². The molecule has 0 saturated heterocycles. The molecule has 0 saturated carbocycles. The molecule has 0 bridgehead atoms. The van der Waals surface area contributed by atoms with E-state index in [1.54, 1.807) is 6.92 Å². The van der Waals surface area contributed by atoms with Gasteiger partial charge >= 0.3 is 5.97 Å². The molecule has 0 aliphatic heterocycles. The molecule has 0 radical (unpaired) electrons. The van der Waals surface area contributed by atoms with E-state index in [-0.39, 0.29) is 6.54 Å². The molecule has 6 heteroatoms. The van der Waals surface area contributed by atoms with Crippen molar-refractivity contribution in [2.75, 3.05) is 26.4 Å². The maximum atomic E-state index is 10.3. The van der Waals surface area contributed by atoms with Gasteiger partial charge in [0.1, 0.15) is 0 Å². The van der Waals surface area contributed by atoms with Crippen LogP contribution in [0.4, 0.5) is 0 Å². The maximum Gasteiger partial charge on any atom is 0.328 e. The molecule has 0 aliphatic rings. The van der Waals surface area contributed by atoms with Gasteiger partial charge in [0.05, 0.1) is 25.4 Å². The lowest BCUT2D eigenvalue weighted by Crippen LogP contribution is -2.55. The number of aliphatic hydroxyl groups is 3. The molecule has 0 spiro atoms.